The molecule has 0 aliphatic carbocycles. The first-order valence-corrected chi connectivity index (χ1v) is 10.1. The number of amides is 2. The van der Waals surface area contributed by atoms with Crippen LogP contribution in [0.15, 0.2) is 29.6 Å². The van der Waals surface area contributed by atoms with E-state index in [1.807, 2.05) is 35.7 Å². The van der Waals surface area contributed by atoms with Crippen LogP contribution in [0.1, 0.15) is 38.2 Å². The number of thiophene rings is 1. The Bertz CT molecular complexity index is 797. The summed E-state index contributed by atoms with van der Waals surface area (Å²) >= 11 is 1.60. The van der Waals surface area contributed by atoms with Crippen molar-refractivity contribution in [2.24, 2.45) is 0 Å². The molecule has 1 unspecified atom stereocenters. The number of carbonyl (C=O) groups is 2. The molecule has 0 radical (unpaired) electrons. The van der Waals surface area contributed by atoms with Gasteiger partial charge >= 0.3 is 6.09 Å². The first kappa shape index (κ1) is 20.7. The maximum Gasteiger partial charge on any atom is 0.407 e. The van der Waals surface area contributed by atoms with E-state index in [4.69, 9.17) is 10.00 Å². The monoisotopic (exact) mass is 387 g/mol. The van der Waals surface area contributed by atoms with E-state index >= 15 is 0 Å². The van der Waals surface area contributed by atoms with Crippen molar-refractivity contribution in [3.63, 3.8) is 0 Å². The number of alkyl carbamates (subject to hydrolysis) is 1. The van der Waals surface area contributed by atoms with E-state index in [9.17, 15) is 9.59 Å². The Morgan fingerprint density at radius 2 is 2.07 bits per heavy atom. The van der Waals surface area contributed by atoms with Crippen LogP contribution in [0.2, 0.25) is 0 Å². The highest BCUT2D eigenvalue weighted by Crippen LogP contribution is 2.26. The number of unbranched alkanes of at least 4 members (excludes halogenated alkanes) is 3. The van der Waals surface area contributed by atoms with Gasteiger partial charge in [-0.3, -0.25) is 4.79 Å². The largest absolute Gasteiger partial charge is 0.450 e. The van der Waals surface area contributed by atoms with Gasteiger partial charge in [0.15, 0.2) is 0 Å². The van der Waals surface area contributed by atoms with Crippen LogP contribution in [0.25, 0.3) is 10.1 Å². The summed E-state index contributed by atoms with van der Waals surface area (Å²) in [7, 11) is 0. The van der Waals surface area contributed by atoms with Crippen molar-refractivity contribution >= 4 is 33.4 Å². The Morgan fingerprint density at radius 1 is 1.26 bits per heavy atom. The van der Waals surface area contributed by atoms with Crippen LogP contribution in [-0.4, -0.2) is 31.2 Å². The fourth-order valence-corrected chi connectivity index (χ4v) is 3.72. The minimum absolute atomic E-state index is 0.104. The minimum Gasteiger partial charge on any atom is -0.450 e. The molecule has 27 heavy (non-hydrogen) atoms. The molecular formula is C20H25N3O3S. The normalized spacial score (nSPS) is 11.6. The van der Waals surface area contributed by atoms with Crippen LogP contribution in [0.5, 0.6) is 0 Å². The third kappa shape index (κ3) is 6.57. The number of nitrogens with one attached hydrogen (secondary N) is 2. The summed E-state index contributed by atoms with van der Waals surface area (Å²) in [5.41, 5.74) is 0.982. The highest BCUT2D eigenvalue weighted by Gasteiger charge is 2.23. The molecular weight excluding hydrogens is 362 g/mol. The lowest BCUT2D eigenvalue weighted by Crippen LogP contribution is -2.48. The highest BCUT2D eigenvalue weighted by molar-refractivity contribution is 7.17. The molecule has 1 aromatic carbocycles. The Morgan fingerprint density at radius 3 is 2.85 bits per heavy atom. The van der Waals surface area contributed by atoms with Crippen LogP contribution >= 0.6 is 11.3 Å². The first-order valence-electron chi connectivity index (χ1n) is 9.18. The highest BCUT2D eigenvalue weighted by atomic mass is 32.1. The predicted molar refractivity (Wildman–Crippen MR) is 107 cm³/mol. The predicted octanol–water partition coefficient (Wildman–Crippen LogP) is 3.76. The number of hydrogen-bond donors (Lipinski definition) is 2. The van der Waals surface area contributed by atoms with Crippen LogP contribution in [-0.2, 0) is 16.0 Å². The van der Waals surface area contributed by atoms with Crippen molar-refractivity contribution in [1.82, 2.24) is 10.6 Å². The number of benzene rings is 1. The molecule has 0 saturated carbocycles. The Balaban J connectivity index is 1.99. The second-order valence-electron chi connectivity index (χ2n) is 6.23. The Labute approximate surface area is 163 Å². The molecule has 0 saturated heterocycles. The number of rotatable bonds is 10. The lowest BCUT2D eigenvalue weighted by atomic mass is 10.0. The van der Waals surface area contributed by atoms with Gasteiger partial charge in [-0.05, 0) is 28.8 Å². The molecule has 6 nitrogen and oxygen atoms in total. The SMILES string of the molecule is CCCCCCOC(=O)NC(Cc1csc2ccccc12)C(=O)NCC#N. The van der Waals surface area contributed by atoms with E-state index in [-0.39, 0.29) is 6.54 Å². The van der Waals surface area contributed by atoms with Gasteiger partial charge in [-0.15, -0.1) is 11.3 Å². The molecule has 1 atom stereocenters. The topological polar surface area (TPSA) is 91.2 Å². The van der Waals surface area contributed by atoms with E-state index in [0.717, 1.165) is 41.3 Å². The van der Waals surface area contributed by atoms with Gasteiger partial charge in [0.1, 0.15) is 12.6 Å². The van der Waals surface area contributed by atoms with Gasteiger partial charge in [-0.25, -0.2) is 4.79 Å². The van der Waals surface area contributed by atoms with Crippen molar-refractivity contribution in [2.45, 2.75) is 45.1 Å². The fourth-order valence-electron chi connectivity index (χ4n) is 2.75. The lowest BCUT2D eigenvalue weighted by molar-refractivity contribution is -0.122. The summed E-state index contributed by atoms with van der Waals surface area (Å²) in [5.74, 6) is -0.394. The standard InChI is InChI=1S/C20H25N3O3S/c1-2-3-4-7-12-26-20(25)23-17(19(24)22-11-10-21)13-15-14-27-18-9-6-5-8-16(15)18/h5-6,8-9,14,17H,2-4,7,11-13H2,1H3,(H,22,24)(H,23,25). The fraction of sp³-hybridized carbons (Fsp3) is 0.450. The molecule has 7 heteroatoms. The number of nitriles is 1. The molecule has 1 heterocycles. The molecule has 2 amide bonds. The number of carbonyl (C=O) groups excluding carboxylic acids is 2. The second-order valence-corrected chi connectivity index (χ2v) is 7.14. The number of ether oxygens (including phenoxy) is 1. The zero-order chi connectivity index (χ0) is 19.5. The van der Waals surface area contributed by atoms with Crippen LogP contribution in [0.4, 0.5) is 4.79 Å². The third-order valence-corrected chi connectivity index (χ3v) is 5.18. The average molecular weight is 388 g/mol. The van der Waals surface area contributed by atoms with Crippen LogP contribution in [0, 0.1) is 11.3 Å². The molecule has 0 aliphatic rings. The third-order valence-electron chi connectivity index (χ3n) is 4.17. The van der Waals surface area contributed by atoms with E-state index in [1.54, 1.807) is 11.3 Å². The van der Waals surface area contributed by atoms with E-state index in [1.165, 1.54) is 0 Å². The molecule has 0 fully saturated rings. The number of fused-ring (bicyclic) bond motifs is 1. The molecule has 2 rings (SSSR count). The molecule has 0 spiro atoms. The van der Waals surface area contributed by atoms with Gasteiger partial charge in [0.05, 0.1) is 12.7 Å². The van der Waals surface area contributed by atoms with Gasteiger partial charge in [-0.2, -0.15) is 5.26 Å². The van der Waals surface area contributed by atoms with Gasteiger partial charge < -0.3 is 15.4 Å². The molecule has 2 aromatic rings. The van der Waals surface area contributed by atoms with Gasteiger partial charge in [0.25, 0.3) is 0 Å². The van der Waals surface area contributed by atoms with E-state index in [2.05, 4.69) is 17.6 Å². The van der Waals surface area contributed by atoms with Gasteiger partial charge in [-0.1, -0.05) is 44.4 Å². The summed E-state index contributed by atoms with van der Waals surface area (Å²) in [4.78, 5) is 24.5. The minimum atomic E-state index is -0.792. The molecule has 2 N–H and O–H groups in total. The van der Waals surface area contributed by atoms with Crippen LogP contribution in [0.3, 0.4) is 0 Å². The smallest absolute Gasteiger partial charge is 0.407 e. The molecule has 0 aliphatic heterocycles. The molecule has 0 bridgehead atoms. The zero-order valence-electron chi connectivity index (χ0n) is 15.5. The molecule has 144 valence electrons. The number of nitrogens with zero attached hydrogens (tertiary/aromatic N) is 1. The lowest BCUT2D eigenvalue weighted by Gasteiger charge is -2.17. The summed E-state index contributed by atoms with van der Waals surface area (Å²) < 4.78 is 6.31. The quantitative estimate of drug-likeness (QED) is 0.480. The zero-order valence-corrected chi connectivity index (χ0v) is 16.3. The van der Waals surface area contributed by atoms with Crippen molar-refractivity contribution < 1.29 is 14.3 Å². The Hall–Kier alpha value is -2.59. The second kappa shape index (κ2) is 11.2. The van der Waals surface area contributed by atoms with Crippen LogP contribution < -0.4 is 10.6 Å². The van der Waals surface area contributed by atoms with Crippen molar-refractivity contribution in [2.75, 3.05) is 13.2 Å². The Kier molecular flexibility index (Phi) is 8.59. The average Bonchev–Trinajstić information content (AvgIpc) is 3.08. The molecule has 1 aromatic heterocycles. The van der Waals surface area contributed by atoms with Crippen molar-refractivity contribution in [3.8, 4) is 6.07 Å². The summed E-state index contributed by atoms with van der Waals surface area (Å²) in [6.07, 6.45) is 3.77. The summed E-state index contributed by atoms with van der Waals surface area (Å²) in [5, 5.41) is 16.9. The summed E-state index contributed by atoms with van der Waals surface area (Å²) in [6, 6.07) is 9.01. The van der Waals surface area contributed by atoms with E-state index < -0.39 is 18.0 Å². The van der Waals surface area contributed by atoms with E-state index in [0.29, 0.717) is 13.0 Å². The first-order chi connectivity index (χ1) is 13.2. The number of hydrogen-bond acceptors (Lipinski definition) is 5. The van der Waals surface area contributed by atoms with Gasteiger partial charge in [0, 0.05) is 11.1 Å². The van der Waals surface area contributed by atoms with Crippen molar-refractivity contribution in [3.05, 3.63) is 35.2 Å². The maximum atomic E-state index is 12.4. The van der Waals surface area contributed by atoms with Crippen molar-refractivity contribution in [1.29, 1.82) is 5.26 Å². The van der Waals surface area contributed by atoms with Gasteiger partial charge in [0.2, 0.25) is 5.91 Å². The summed E-state index contributed by atoms with van der Waals surface area (Å²) in [6.45, 7) is 2.35. The maximum absolute atomic E-state index is 12.4.